The van der Waals surface area contributed by atoms with E-state index in [2.05, 4.69) is 10.4 Å². The van der Waals surface area contributed by atoms with E-state index in [0.717, 1.165) is 61.9 Å². The predicted molar refractivity (Wildman–Crippen MR) is 101 cm³/mol. The summed E-state index contributed by atoms with van der Waals surface area (Å²) in [5.74, 6) is -0.740. The number of ether oxygens (including phenoxy) is 1. The van der Waals surface area contributed by atoms with Crippen LogP contribution in [0.25, 0.3) is 5.69 Å². The maximum absolute atomic E-state index is 12.6. The first kappa shape index (κ1) is 17.8. The van der Waals surface area contributed by atoms with Crippen LogP contribution in [0.4, 0.5) is 0 Å². The Bertz CT molecular complexity index is 823. The van der Waals surface area contributed by atoms with Gasteiger partial charge in [0.2, 0.25) is 0 Å². The molecule has 27 heavy (non-hydrogen) atoms. The molecule has 2 aromatic rings. The molecule has 1 N–H and O–H groups in total. The Morgan fingerprint density at radius 1 is 1.07 bits per heavy atom. The molecule has 6 heteroatoms. The molecule has 1 fully saturated rings. The summed E-state index contributed by atoms with van der Waals surface area (Å²) in [4.78, 5) is 24.7. The molecule has 1 aromatic heterocycles. The lowest BCUT2D eigenvalue weighted by Crippen LogP contribution is -2.38. The van der Waals surface area contributed by atoms with Crippen molar-refractivity contribution in [3.05, 3.63) is 47.3 Å². The quantitative estimate of drug-likeness (QED) is 0.825. The number of benzene rings is 1. The zero-order valence-corrected chi connectivity index (χ0v) is 15.4. The van der Waals surface area contributed by atoms with Crippen LogP contribution in [0, 0.1) is 0 Å². The topological polar surface area (TPSA) is 73.2 Å². The lowest BCUT2D eigenvalue weighted by molar-refractivity contribution is -0.125. The van der Waals surface area contributed by atoms with Crippen molar-refractivity contribution < 1.29 is 14.3 Å². The van der Waals surface area contributed by atoms with Gasteiger partial charge in [0.15, 0.2) is 12.3 Å². The largest absolute Gasteiger partial charge is 0.451 e. The van der Waals surface area contributed by atoms with Crippen LogP contribution in [0.1, 0.15) is 60.3 Å². The van der Waals surface area contributed by atoms with E-state index in [1.807, 2.05) is 35.0 Å². The number of nitrogens with zero attached hydrogens (tertiary/aromatic N) is 2. The van der Waals surface area contributed by atoms with E-state index in [4.69, 9.17) is 4.74 Å². The molecule has 0 unspecified atom stereocenters. The van der Waals surface area contributed by atoms with Crippen LogP contribution in [0.3, 0.4) is 0 Å². The molecule has 4 rings (SSSR count). The van der Waals surface area contributed by atoms with Crippen molar-refractivity contribution in [2.45, 2.75) is 57.4 Å². The first-order valence-electron chi connectivity index (χ1n) is 9.85. The molecule has 1 amide bonds. The molecule has 6 nitrogen and oxygen atoms in total. The summed E-state index contributed by atoms with van der Waals surface area (Å²) < 4.78 is 7.11. The van der Waals surface area contributed by atoms with Gasteiger partial charge in [-0.1, -0.05) is 37.5 Å². The molecule has 1 heterocycles. The zero-order valence-electron chi connectivity index (χ0n) is 15.4. The van der Waals surface area contributed by atoms with Gasteiger partial charge in [0.25, 0.3) is 5.91 Å². The second-order valence-electron chi connectivity index (χ2n) is 7.35. The molecule has 0 spiro atoms. The van der Waals surface area contributed by atoms with Gasteiger partial charge in [-0.15, -0.1) is 0 Å². The Morgan fingerprint density at radius 2 is 1.85 bits per heavy atom. The van der Waals surface area contributed by atoms with Crippen molar-refractivity contribution in [2.75, 3.05) is 6.61 Å². The van der Waals surface area contributed by atoms with Crippen LogP contribution >= 0.6 is 0 Å². The minimum atomic E-state index is -0.512. The van der Waals surface area contributed by atoms with Crippen molar-refractivity contribution >= 4 is 11.9 Å². The van der Waals surface area contributed by atoms with Gasteiger partial charge in [-0.25, -0.2) is 9.48 Å². The number of esters is 1. The van der Waals surface area contributed by atoms with Gasteiger partial charge in [-0.2, -0.15) is 5.10 Å². The molecule has 2 aliphatic carbocycles. The number of amides is 1. The van der Waals surface area contributed by atoms with Crippen LogP contribution in [-0.2, 0) is 22.4 Å². The monoisotopic (exact) mass is 367 g/mol. The second-order valence-corrected chi connectivity index (χ2v) is 7.35. The van der Waals surface area contributed by atoms with Gasteiger partial charge in [-0.3, -0.25) is 4.79 Å². The Morgan fingerprint density at radius 3 is 2.63 bits per heavy atom. The summed E-state index contributed by atoms with van der Waals surface area (Å²) in [6.07, 6.45) is 8.26. The number of aromatic nitrogens is 2. The molecule has 0 saturated heterocycles. The third-order valence-electron chi connectivity index (χ3n) is 5.43. The normalized spacial score (nSPS) is 16.7. The first-order chi connectivity index (χ1) is 13.2. The van der Waals surface area contributed by atoms with Crippen molar-refractivity contribution in [1.29, 1.82) is 0 Å². The molecular weight excluding hydrogens is 342 g/mol. The van der Waals surface area contributed by atoms with Crippen molar-refractivity contribution in [2.24, 2.45) is 0 Å². The Hall–Kier alpha value is -2.63. The number of fused-ring (bicyclic) bond motifs is 1. The van der Waals surface area contributed by atoms with E-state index in [-0.39, 0.29) is 18.6 Å². The highest BCUT2D eigenvalue weighted by Crippen LogP contribution is 2.28. The van der Waals surface area contributed by atoms with E-state index in [1.165, 1.54) is 6.42 Å². The van der Waals surface area contributed by atoms with E-state index in [1.54, 1.807) is 0 Å². The fourth-order valence-electron chi connectivity index (χ4n) is 4.10. The number of carbonyl (C=O) groups is 2. The highest BCUT2D eigenvalue weighted by Gasteiger charge is 2.28. The van der Waals surface area contributed by atoms with Gasteiger partial charge in [0.1, 0.15) is 0 Å². The van der Waals surface area contributed by atoms with Crippen molar-refractivity contribution in [3.8, 4) is 5.69 Å². The molecule has 0 radical (unpaired) electrons. The molecule has 1 aromatic carbocycles. The lowest BCUT2D eigenvalue weighted by atomic mass is 9.95. The fraction of sp³-hybridized carbons (Fsp3) is 0.476. The number of nitrogens with one attached hydrogen (secondary N) is 1. The maximum Gasteiger partial charge on any atom is 0.359 e. The molecule has 1 saturated carbocycles. The maximum atomic E-state index is 12.6. The minimum absolute atomic E-state index is 0.214. The SMILES string of the molecule is O=C(COC(=O)c1nn(-c2ccccc2)c2c1CCC2)NC1CCCCC1. The molecule has 0 atom stereocenters. The average Bonchev–Trinajstić information content (AvgIpc) is 3.30. The average molecular weight is 367 g/mol. The van der Waals surface area contributed by atoms with Crippen molar-refractivity contribution in [1.82, 2.24) is 15.1 Å². The standard InChI is InChI=1S/C21H25N3O3/c25-19(22-15-8-3-1-4-9-15)14-27-21(26)20-17-12-7-13-18(17)24(23-20)16-10-5-2-6-11-16/h2,5-6,10-11,15H,1,3-4,7-9,12-14H2,(H,22,25). The van der Waals surface area contributed by atoms with Gasteiger partial charge in [0, 0.05) is 17.3 Å². The van der Waals surface area contributed by atoms with Gasteiger partial charge >= 0.3 is 5.97 Å². The summed E-state index contributed by atoms with van der Waals surface area (Å²) in [5.41, 5.74) is 3.30. The highest BCUT2D eigenvalue weighted by molar-refractivity contribution is 5.91. The van der Waals surface area contributed by atoms with Gasteiger partial charge in [0.05, 0.1) is 5.69 Å². The minimum Gasteiger partial charge on any atom is -0.451 e. The Kier molecular flexibility index (Phi) is 5.23. The Labute approximate surface area is 158 Å². The smallest absolute Gasteiger partial charge is 0.359 e. The third kappa shape index (κ3) is 3.89. The van der Waals surface area contributed by atoms with E-state index in [0.29, 0.717) is 5.69 Å². The fourth-order valence-corrected chi connectivity index (χ4v) is 4.10. The molecule has 142 valence electrons. The zero-order chi connectivity index (χ0) is 18.6. The van der Waals surface area contributed by atoms with E-state index >= 15 is 0 Å². The molecule has 2 aliphatic rings. The summed E-state index contributed by atoms with van der Waals surface area (Å²) in [6.45, 7) is -0.248. The number of hydrogen-bond acceptors (Lipinski definition) is 4. The van der Waals surface area contributed by atoms with Gasteiger partial charge in [-0.05, 0) is 44.2 Å². The van der Waals surface area contributed by atoms with Crippen LogP contribution in [0.15, 0.2) is 30.3 Å². The number of para-hydroxylation sites is 1. The third-order valence-corrected chi connectivity index (χ3v) is 5.43. The van der Waals surface area contributed by atoms with E-state index < -0.39 is 5.97 Å². The summed E-state index contributed by atoms with van der Waals surface area (Å²) >= 11 is 0. The predicted octanol–water partition coefficient (Wildman–Crippen LogP) is 2.97. The molecule has 0 aliphatic heterocycles. The summed E-state index contributed by atoms with van der Waals surface area (Å²) in [5, 5.41) is 7.47. The Balaban J connectivity index is 1.42. The lowest BCUT2D eigenvalue weighted by Gasteiger charge is -2.22. The number of rotatable bonds is 5. The van der Waals surface area contributed by atoms with Crippen molar-refractivity contribution in [3.63, 3.8) is 0 Å². The van der Waals surface area contributed by atoms with Crippen LogP contribution in [0.2, 0.25) is 0 Å². The molecular formula is C21H25N3O3. The number of hydrogen-bond donors (Lipinski definition) is 1. The van der Waals surface area contributed by atoms with Crippen LogP contribution in [0.5, 0.6) is 0 Å². The number of carbonyl (C=O) groups excluding carboxylic acids is 2. The van der Waals surface area contributed by atoms with Crippen LogP contribution < -0.4 is 5.32 Å². The molecule has 0 bridgehead atoms. The highest BCUT2D eigenvalue weighted by atomic mass is 16.5. The van der Waals surface area contributed by atoms with Gasteiger partial charge < -0.3 is 10.1 Å². The summed E-state index contributed by atoms with van der Waals surface area (Å²) in [6, 6.07) is 10.0. The first-order valence-corrected chi connectivity index (χ1v) is 9.85. The summed E-state index contributed by atoms with van der Waals surface area (Å²) in [7, 11) is 0. The van der Waals surface area contributed by atoms with E-state index in [9.17, 15) is 9.59 Å². The second kappa shape index (κ2) is 7.94. The van der Waals surface area contributed by atoms with Crippen LogP contribution in [-0.4, -0.2) is 34.3 Å².